The summed E-state index contributed by atoms with van der Waals surface area (Å²) in [5.74, 6) is -0.637. The van der Waals surface area contributed by atoms with E-state index in [9.17, 15) is 9.59 Å². The number of nitrogens with one attached hydrogen (secondary N) is 1. The predicted molar refractivity (Wildman–Crippen MR) is 94.4 cm³/mol. The van der Waals surface area contributed by atoms with Crippen molar-refractivity contribution in [3.63, 3.8) is 0 Å². The zero-order valence-electron chi connectivity index (χ0n) is 12.7. The van der Waals surface area contributed by atoms with Gasteiger partial charge in [-0.3, -0.25) is 9.59 Å². The van der Waals surface area contributed by atoms with Crippen molar-refractivity contribution in [1.29, 1.82) is 5.26 Å². The van der Waals surface area contributed by atoms with Crippen LogP contribution in [0.2, 0.25) is 0 Å². The fourth-order valence-electron chi connectivity index (χ4n) is 2.63. The zero-order valence-corrected chi connectivity index (χ0v) is 14.3. The van der Waals surface area contributed by atoms with Gasteiger partial charge < -0.3 is 10.2 Å². The minimum absolute atomic E-state index is 0.0581. The lowest BCUT2D eigenvalue weighted by Gasteiger charge is -2.16. The van der Waals surface area contributed by atoms with Crippen LogP contribution in [0.3, 0.4) is 0 Å². The van der Waals surface area contributed by atoms with Crippen LogP contribution in [-0.4, -0.2) is 18.4 Å². The summed E-state index contributed by atoms with van der Waals surface area (Å²) in [7, 11) is 0. The topological polar surface area (TPSA) is 73.2 Å². The molecule has 0 aromatic heterocycles. The molecular formula is C18H14BrN3O2. The van der Waals surface area contributed by atoms with Gasteiger partial charge in [-0.1, -0.05) is 15.9 Å². The summed E-state index contributed by atoms with van der Waals surface area (Å²) in [4.78, 5) is 26.2. The van der Waals surface area contributed by atoms with Crippen molar-refractivity contribution < 1.29 is 9.59 Å². The summed E-state index contributed by atoms with van der Waals surface area (Å²) in [6.45, 7) is 0.364. The number of benzene rings is 2. The molecule has 1 saturated heterocycles. The predicted octanol–water partition coefficient (Wildman–Crippen LogP) is 3.31. The SMILES string of the molecule is N#Cc1ccc(NC(=O)[C@H]2CC(=O)N(c3ccc(Br)cc3)C2)cc1. The zero-order chi connectivity index (χ0) is 17.1. The summed E-state index contributed by atoms with van der Waals surface area (Å²) in [5.41, 5.74) is 1.94. The lowest BCUT2D eigenvalue weighted by Crippen LogP contribution is -2.28. The Labute approximate surface area is 148 Å². The van der Waals surface area contributed by atoms with Crippen molar-refractivity contribution in [3.8, 4) is 6.07 Å². The third-order valence-electron chi connectivity index (χ3n) is 3.92. The second kappa shape index (κ2) is 6.85. The molecule has 0 bridgehead atoms. The maximum Gasteiger partial charge on any atom is 0.229 e. The number of amides is 2. The minimum atomic E-state index is -0.392. The van der Waals surface area contributed by atoms with Gasteiger partial charge in [-0.15, -0.1) is 0 Å². The van der Waals surface area contributed by atoms with Crippen LogP contribution in [0.1, 0.15) is 12.0 Å². The first kappa shape index (κ1) is 16.2. The number of carbonyl (C=O) groups is 2. The molecule has 2 amide bonds. The smallest absolute Gasteiger partial charge is 0.229 e. The summed E-state index contributed by atoms with van der Waals surface area (Å²) >= 11 is 3.36. The number of carbonyl (C=O) groups excluding carboxylic acids is 2. The molecule has 1 heterocycles. The molecule has 1 fully saturated rings. The second-order valence-electron chi connectivity index (χ2n) is 5.56. The summed E-state index contributed by atoms with van der Waals surface area (Å²) in [6, 6.07) is 16.1. The molecule has 0 spiro atoms. The Hall–Kier alpha value is -2.65. The van der Waals surface area contributed by atoms with Crippen molar-refractivity contribution >= 4 is 39.1 Å². The Bertz CT molecular complexity index is 810. The molecule has 2 aromatic carbocycles. The van der Waals surface area contributed by atoms with Crippen LogP contribution >= 0.6 is 15.9 Å². The molecule has 0 radical (unpaired) electrons. The molecule has 1 N–H and O–H groups in total. The van der Waals surface area contributed by atoms with Crippen molar-refractivity contribution in [2.75, 3.05) is 16.8 Å². The molecule has 0 saturated carbocycles. The van der Waals surface area contributed by atoms with E-state index in [1.54, 1.807) is 29.2 Å². The number of rotatable bonds is 3. The fraction of sp³-hybridized carbons (Fsp3) is 0.167. The molecule has 2 aromatic rings. The van der Waals surface area contributed by atoms with Gasteiger partial charge in [0.1, 0.15) is 0 Å². The molecule has 0 unspecified atom stereocenters. The van der Waals surface area contributed by atoms with Crippen LogP contribution in [0.4, 0.5) is 11.4 Å². The van der Waals surface area contributed by atoms with Gasteiger partial charge in [-0.2, -0.15) is 5.26 Å². The minimum Gasteiger partial charge on any atom is -0.326 e. The quantitative estimate of drug-likeness (QED) is 0.883. The molecule has 24 heavy (non-hydrogen) atoms. The van der Waals surface area contributed by atoms with Gasteiger partial charge in [0.2, 0.25) is 11.8 Å². The van der Waals surface area contributed by atoms with Gasteiger partial charge in [0, 0.05) is 28.8 Å². The van der Waals surface area contributed by atoms with Gasteiger partial charge in [0.15, 0.2) is 0 Å². The third kappa shape index (κ3) is 3.47. The van der Waals surface area contributed by atoms with Gasteiger partial charge in [-0.05, 0) is 48.5 Å². The average molecular weight is 384 g/mol. The van der Waals surface area contributed by atoms with E-state index >= 15 is 0 Å². The van der Waals surface area contributed by atoms with Crippen molar-refractivity contribution in [2.45, 2.75) is 6.42 Å². The Morgan fingerprint density at radius 3 is 2.46 bits per heavy atom. The van der Waals surface area contributed by atoms with Crippen LogP contribution in [0.25, 0.3) is 0 Å². The first-order chi connectivity index (χ1) is 11.6. The standard InChI is InChI=1S/C18H14BrN3O2/c19-14-3-7-16(8-4-14)22-11-13(9-17(22)23)18(24)21-15-5-1-12(10-20)2-6-15/h1-8,13H,9,11H2,(H,21,24)/t13-/m0/s1. The number of nitrogens with zero attached hydrogens (tertiary/aromatic N) is 2. The van der Waals surface area contributed by atoms with E-state index in [1.165, 1.54) is 0 Å². The lowest BCUT2D eigenvalue weighted by molar-refractivity contribution is -0.122. The number of hydrogen-bond donors (Lipinski definition) is 1. The molecule has 6 heteroatoms. The van der Waals surface area contributed by atoms with E-state index < -0.39 is 5.92 Å². The largest absolute Gasteiger partial charge is 0.326 e. The van der Waals surface area contributed by atoms with Gasteiger partial charge in [-0.25, -0.2) is 0 Å². The highest BCUT2D eigenvalue weighted by Crippen LogP contribution is 2.27. The summed E-state index contributed by atoms with van der Waals surface area (Å²) in [5, 5.41) is 11.6. The highest BCUT2D eigenvalue weighted by Gasteiger charge is 2.35. The highest BCUT2D eigenvalue weighted by atomic mass is 79.9. The Balaban J connectivity index is 1.67. The molecule has 0 aliphatic carbocycles. The van der Waals surface area contributed by atoms with Gasteiger partial charge in [0.05, 0.1) is 17.6 Å². The second-order valence-corrected chi connectivity index (χ2v) is 6.48. The summed E-state index contributed by atoms with van der Waals surface area (Å²) in [6.07, 6.45) is 0.193. The van der Waals surface area contributed by atoms with Crippen LogP contribution in [-0.2, 0) is 9.59 Å². The number of halogens is 1. The van der Waals surface area contributed by atoms with E-state index in [1.807, 2.05) is 30.3 Å². The van der Waals surface area contributed by atoms with Crippen LogP contribution in [0.5, 0.6) is 0 Å². The van der Waals surface area contributed by atoms with Gasteiger partial charge >= 0.3 is 0 Å². The first-order valence-electron chi connectivity index (χ1n) is 7.44. The molecular weight excluding hydrogens is 370 g/mol. The van der Waals surface area contributed by atoms with E-state index in [0.717, 1.165) is 10.2 Å². The fourth-order valence-corrected chi connectivity index (χ4v) is 2.89. The van der Waals surface area contributed by atoms with Crippen LogP contribution in [0, 0.1) is 17.2 Å². The van der Waals surface area contributed by atoms with E-state index in [-0.39, 0.29) is 18.2 Å². The number of nitriles is 1. The number of anilines is 2. The van der Waals surface area contributed by atoms with E-state index in [0.29, 0.717) is 17.8 Å². The van der Waals surface area contributed by atoms with Crippen LogP contribution in [0.15, 0.2) is 53.0 Å². The third-order valence-corrected chi connectivity index (χ3v) is 4.44. The molecule has 1 aliphatic rings. The maximum atomic E-state index is 12.4. The van der Waals surface area contributed by atoms with Gasteiger partial charge in [0.25, 0.3) is 0 Å². The number of hydrogen-bond acceptors (Lipinski definition) is 3. The lowest BCUT2D eigenvalue weighted by atomic mass is 10.1. The average Bonchev–Trinajstić information content (AvgIpc) is 2.98. The van der Waals surface area contributed by atoms with Crippen molar-refractivity contribution in [1.82, 2.24) is 0 Å². The van der Waals surface area contributed by atoms with Crippen molar-refractivity contribution in [2.24, 2.45) is 5.92 Å². The normalized spacial score (nSPS) is 16.8. The van der Waals surface area contributed by atoms with E-state index in [4.69, 9.17) is 5.26 Å². The molecule has 120 valence electrons. The van der Waals surface area contributed by atoms with Crippen molar-refractivity contribution in [3.05, 3.63) is 58.6 Å². The molecule has 1 aliphatic heterocycles. The molecule has 3 rings (SSSR count). The Kier molecular flexibility index (Phi) is 4.63. The Morgan fingerprint density at radius 2 is 1.83 bits per heavy atom. The van der Waals surface area contributed by atoms with Crippen LogP contribution < -0.4 is 10.2 Å². The first-order valence-corrected chi connectivity index (χ1v) is 8.23. The summed E-state index contributed by atoms with van der Waals surface area (Å²) < 4.78 is 0.938. The molecule has 1 atom stereocenters. The molecule has 5 nitrogen and oxygen atoms in total. The maximum absolute atomic E-state index is 12.4. The Morgan fingerprint density at radius 1 is 1.17 bits per heavy atom. The monoisotopic (exact) mass is 383 g/mol. The highest BCUT2D eigenvalue weighted by molar-refractivity contribution is 9.10. The van der Waals surface area contributed by atoms with E-state index in [2.05, 4.69) is 21.2 Å².